The number of rotatable bonds is 9. The number of hydrogen-bond donors (Lipinski definition) is 0. The van der Waals surface area contributed by atoms with Crippen molar-refractivity contribution in [2.24, 2.45) is 0 Å². The quantitative estimate of drug-likeness (QED) is 0.510. The summed E-state index contributed by atoms with van der Waals surface area (Å²) >= 11 is 0. The molecule has 0 aromatic heterocycles. The molecule has 26 heavy (non-hydrogen) atoms. The number of ether oxygens (including phenoxy) is 1. The number of likely N-dealkylation sites (N-methyl/N-ethyl adjacent to an activating group) is 1. The van der Waals surface area contributed by atoms with Crippen molar-refractivity contribution in [2.45, 2.75) is 6.54 Å². The van der Waals surface area contributed by atoms with Gasteiger partial charge in [-0.3, -0.25) is 4.79 Å². The molecule has 0 heterocycles. The minimum atomic E-state index is -0.0253. The van der Waals surface area contributed by atoms with Crippen molar-refractivity contribution < 1.29 is 9.53 Å². The highest BCUT2D eigenvalue weighted by Crippen LogP contribution is 2.16. The zero-order chi connectivity index (χ0) is 18.9. The fourth-order valence-electron chi connectivity index (χ4n) is 2.53. The van der Waals surface area contributed by atoms with Crippen LogP contribution < -0.4 is 4.74 Å². The first-order valence-corrected chi connectivity index (χ1v) is 8.78. The molecular formula is C22H28N2O2. The van der Waals surface area contributed by atoms with E-state index in [2.05, 4.69) is 15.9 Å². The van der Waals surface area contributed by atoms with Crippen molar-refractivity contribution in [3.05, 3.63) is 71.3 Å². The van der Waals surface area contributed by atoms with Crippen molar-refractivity contribution in [2.75, 3.05) is 41.3 Å². The third-order valence-corrected chi connectivity index (χ3v) is 3.88. The summed E-state index contributed by atoms with van der Waals surface area (Å²) in [6.07, 6.45) is 3.52. The SMILES string of the molecule is CN(C)CCOc1cccc(C(=O)C=Cc2ccccc2CN(C)C)c1. The summed E-state index contributed by atoms with van der Waals surface area (Å²) in [6.45, 7) is 2.27. The summed E-state index contributed by atoms with van der Waals surface area (Å²) in [4.78, 5) is 16.7. The van der Waals surface area contributed by atoms with E-state index < -0.39 is 0 Å². The maximum atomic E-state index is 12.5. The number of ketones is 1. The lowest BCUT2D eigenvalue weighted by Gasteiger charge is -2.12. The van der Waals surface area contributed by atoms with E-state index in [-0.39, 0.29) is 5.78 Å². The molecule has 0 spiro atoms. The largest absolute Gasteiger partial charge is 0.492 e. The Bertz CT molecular complexity index is 751. The Kier molecular flexibility index (Phi) is 7.57. The van der Waals surface area contributed by atoms with Crippen LogP contribution in [0, 0.1) is 0 Å². The Morgan fingerprint density at radius 2 is 1.77 bits per heavy atom. The molecule has 2 rings (SSSR count). The van der Waals surface area contributed by atoms with Gasteiger partial charge in [0.15, 0.2) is 5.78 Å². The fourth-order valence-corrected chi connectivity index (χ4v) is 2.53. The van der Waals surface area contributed by atoms with Crippen LogP contribution in [-0.4, -0.2) is 56.9 Å². The zero-order valence-corrected chi connectivity index (χ0v) is 16.1. The molecular weight excluding hydrogens is 324 g/mol. The summed E-state index contributed by atoms with van der Waals surface area (Å²) in [6, 6.07) is 15.5. The highest BCUT2D eigenvalue weighted by atomic mass is 16.5. The van der Waals surface area contributed by atoms with Gasteiger partial charge in [0.1, 0.15) is 12.4 Å². The average molecular weight is 352 g/mol. The van der Waals surface area contributed by atoms with Crippen molar-refractivity contribution in [1.82, 2.24) is 9.80 Å². The molecule has 0 aliphatic carbocycles. The van der Waals surface area contributed by atoms with E-state index >= 15 is 0 Å². The van der Waals surface area contributed by atoms with E-state index in [0.29, 0.717) is 12.2 Å². The van der Waals surface area contributed by atoms with Gasteiger partial charge in [-0.2, -0.15) is 0 Å². The van der Waals surface area contributed by atoms with Gasteiger partial charge >= 0.3 is 0 Å². The number of nitrogens with zero attached hydrogens (tertiary/aromatic N) is 2. The molecule has 4 heteroatoms. The number of allylic oxidation sites excluding steroid dienone is 1. The van der Waals surface area contributed by atoms with Gasteiger partial charge in [-0.05, 0) is 57.5 Å². The van der Waals surface area contributed by atoms with Crippen LogP contribution in [-0.2, 0) is 6.54 Å². The van der Waals surface area contributed by atoms with Gasteiger partial charge < -0.3 is 14.5 Å². The lowest BCUT2D eigenvalue weighted by molar-refractivity contribution is 0.104. The van der Waals surface area contributed by atoms with E-state index in [9.17, 15) is 4.79 Å². The van der Waals surface area contributed by atoms with Gasteiger partial charge in [-0.15, -0.1) is 0 Å². The van der Waals surface area contributed by atoms with Crippen molar-refractivity contribution in [3.63, 3.8) is 0 Å². The predicted octanol–water partition coefficient (Wildman–Crippen LogP) is 3.58. The first-order valence-electron chi connectivity index (χ1n) is 8.78. The molecule has 0 aliphatic rings. The monoisotopic (exact) mass is 352 g/mol. The summed E-state index contributed by atoms with van der Waals surface area (Å²) in [5.41, 5.74) is 2.89. The van der Waals surface area contributed by atoms with Gasteiger partial charge in [0, 0.05) is 18.7 Å². The van der Waals surface area contributed by atoms with E-state index in [1.807, 2.05) is 70.7 Å². The van der Waals surface area contributed by atoms with Crippen molar-refractivity contribution in [3.8, 4) is 5.75 Å². The normalized spacial score (nSPS) is 11.5. The molecule has 0 saturated heterocycles. The first-order chi connectivity index (χ1) is 12.5. The Morgan fingerprint density at radius 3 is 2.50 bits per heavy atom. The molecule has 0 N–H and O–H groups in total. The smallest absolute Gasteiger partial charge is 0.185 e. The van der Waals surface area contributed by atoms with E-state index in [0.717, 1.165) is 24.4 Å². The maximum absolute atomic E-state index is 12.5. The van der Waals surface area contributed by atoms with Crippen LogP contribution in [0.1, 0.15) is 21.5 Å². The summed E-state index contributed by atoms with van der Waals surface area (Å²) < 4.78 is 5.71. The van der Waals surface area contributed by atoms with Gasteiger partial charge in [-0.25, -0.2) is 0 Å². The second kappa shape index (κ2) is 9.90. The second-order valence-electron chi connectivity index (χ2n) is 6.81. The highest BCUT2D eigenvalue weighted by molar-refractivity contribution is 6.07. The van der Waals surface area contributed by atoms with E-state index in [1.165, 1.54) is 5.56 Å². The molecule has 0 fully saturated rings. The van der Waals surface area contributed by atoms with Crippen LogP contribution in [0.2, 0.25) is 0 Å². The van der Waals surface area contributed by atoms with Crippen LogP contribution in [0.25, 0.3) is 6.08 Å². The van der Waals surface area contributed by atoms with Crippen LogP contribution in [0.5, 0.6) is 5.75 Å². The summed E-state index contributed by atoms with van der Waals surface area (Å²) in [5.74, 6) is 0.696. The number of hydrogen-bond acceptors (Lipinski definition) is 4. The molecule has 0 amide bonds. The van der Waals surface area contributed by atoms with Crippen molar-refractivity contribution in [1.29, 1.82) is 0 Å². The molecule has 4 nitrogen and oxygen atoms in total. The minimum Gasteiger partial charge on any atom is -0.492 e. The van der Waals surface area contributed by atoms with Crippen LogP contribution in [0.3, 0.4) is 0 Å². The maximum Gasteiger partial charge on any atom is 0.185 e. The Balaban J connectivity index is 2.07. The Labute approximate surface area is 156 Å². The van der Waals surface area contributed by atoms with E-state index in [1.54, 1.807) is 12.1 Å². The number of carbonyl (C=O) groups excluding carboxylic acids is 1. The van der Waals surface area contributed by atoms with Gasteiger partial charge in [-0.1, -0.05) is 42.5 Å². The zero-order valence-electron chi connectivity index (χ0n) is 16.1. The molecule has 0 unspecified atom stereocenters. The Morgan fingerprint density at radius 1 is 1.00 bits per heavy atom. The average Bonchev–Trinajstić information content (AvgIpc) is 2.60. The molecule has 0 aliphatic heterocycles. The first kappa shape index (κ1) is 19.9. The predicted molar refractivity (Wildman–Crippen MR) is 108 cm³/mol. The van der Waals surface area contributed by atoms with Gasteiger partial charge in [0.25, 0.3) is 0 Å². The minimum absolute atomic E-state index is 0.0253. The fraction of sp³-hybridized carbons (Fsp3) is 0.318. The van der Waals surface area contributed by atoms with Gasteiger partial charge in [0.2, 0.25) is 0 Å². The molecule has 0 atom stereocenters. The van der Waals surface area contributed by atoms with E-state index in [4.69, 9.17) is 4.74 Å². The Hall–Kier alpha value is -2.43. The van der Waals surface area contributed by atoms with Crippen LogP contribution >= 0.6 is 0 Å². The van der Waals surface area contributed by atoms with Crippen LogP contribution in [0.15, 0.2) is 54.6 Å². The van der Waals surface area contributed by atoms with Gasteiger partial charge in [0.05, 0.1) is 0 Å². The summed E-state index contributed by atoms with van der Waals surface area (Å²) in [5, 5.41) is 0. The molecule has 138 valence electrons. The lowest BCUT2D eigenvalue weighted by atomic mass is 10.0. The second-order valence-corrected chi connectivity index (χ2v) is 6.81. The molecule has 0 bridgehead atoms. The molecule has 2 aromatic rings. The topological polar surface area (TPSA) is 32.8 Å². The molecule has 2 aromatic carbocycles. The third kappa shape index (κ3) is 6.47. The highest BCUT2D eigenvalue weighted by Gasteiger charge is 2.05. The standard InChI is InChI=1S/C22H28N2O2/c1-23(2)14-15-26-21-11-7-10-19(16-21)22(25)13-12-18-8-5-6-9-20(18)17-24(3)4/h5-13,16H,14-15,17H2,1-4H3. The summed E-state index contributed by atoms with van der Waals surface area (Å²) in [7, 11) is 8.07. The van der Waals surface area contributed by atoms with Crippen LogP contribution in [0.4, 0.5) is 0 Å². The third-order valence-electron chi connectivity index (χ3n) is 3.88. The van der Waals surface area contributed by atoms with Crippen molar-refractivity contribution >= 4 is 11.9 Å². The molecule has 0 radical (unpaired) electrons. The lowest BCUT2D eigenvalue weighted by Crippen LogP contribution is -2.19. The number of carbonyl (C=O) groups is 1. The number of benzene rings is 2. The molecule has 0 saturated carbocycles.